The third-order valence-electron chi connectivity index (χ3n) is 2.77. The molecule has 86 valence electrons. The van der Waals surface area contributed by atoms with Crippen LogP contribution in [0, 0.1) is 5.82 Å². The largest absolute Gasteiger partial charge is 0.372 e. The number of ketones is 1. The number of carbonyl (C=O) groups is 1. The monoisotopic (exact) mass is 241 g/mol. The van der Waals surface area contributed by atoms with Crippen molar-refractivity contribution < 1.29 is 13.4 Å². The zero-order valence-corrected chi connectivity index (χ0v) is 9.88. The summed E-state index contributed by atoms with van der Waals surface area (Å²) in [5, 5.41) is -0.511. The molecule has 1 aromatic carbocycles. The molecule has 0 saturated heterocycles. The molecule has 0 amide bonds. The van der Waals surface area contributed by atoms with E-state index >= 15 is 0 Å². The Hall–Kier alpha value is -1.23. The highest BCUT2D eigenvalue weighted by Gasteiger charge is 2.32. The van der Waals surface area contributed by atoms with E-state index in [0.29, 0.717) is 17.8 Å². The minimum absolute atomic E-state index is 0.158. The predicted octanol–water partition coefficient (Wildman–Crippen LogP) is 1.21. The molecule has 1 heterocycles. The van der Waals surface area contributed by atoms with E-state index in [0.717, 1.165) is 0 Å². The highest BCUT2D eigenvalue weighted by molar-refractivity contribution is 7.85. The van der Waals surface area contributed by atoms with E-state index in [9.17, 15) is 13.4 Å². The third-order valence-corrected chi connectivity index (χ3v) is 3.93. The van der Waals surface area contributed by atoms with Crippen molar-refractivity contribution in [2.75, 3.05) is 24.7 Å². The first-order chi connectivity index (χ1) is 7.50. The minimum atomic E-state index is -1.20. The molecule has 0 spiro atoms. The first kappa shape index (κ1) is 11.3. The third kappa shape index (κ3) is 1.75. The summed E-state index contributed by atoms with van der Waals surface area (Å²) in [5.74, 6) is -0.525. The van der Waals surface area contributed by atoms with Crippen LogP contribution in [0.25, 0.3) is 0 Å². The van der Waals surface area contributed by atoms with Crippen molar-refractivity contribution in [3.05, 3.63) is 29.6 Å². The van der Waals surface area contributed by atoms with Gasteiger partial charge in [-0.3, -0.25) is 9.00 Å². The number of rotatable bonds is 1. The molecule has 0 radical (unpaired) electrons. The molecule has 5 heteroatoms. The van der Waals surface area contributed by atoms with E-state index in [2.05, 4.69) is 0 Å². The summed E-state index contributed by atoms with van der Waals surface area (Å²) in [5.41, 5.74) is 1.03. The van der Waals surface area contributed by atoms with E-state index in [4.69, 9.17) is 0 Å². The molecule has 0 saturated carbocycles. The maximum absolute atomic E-state index is 13.1. The van der Waals surface area contributed by atoms with Crippen LogP contribution in [0.5, 0.6) is 0 Å². The van der Waals surface area contributed by atoms with Crippen LogP contribution in [0.1, 0.15) is 10.4 Å². The van der Waals surface area contributed by atoms with Gasteiger partial charge in [0, 0.05) is 36.2 Å². The lowest BCUT2D eigenvalue weighted by Gasteiger charge is -2.31. The van der Waals surface area contributed by atoms with Gasteiger partial charge < -0.3 is 4.90 Å². The van der Waals surface area contributed by atoms with Gasteiger partial charge in [-0.15, -0.1) is 0 Å². The summed E-state index contributed by atoms with van der Waals surface area (Å²) in [7, 11) is 0.568. The molecule has 2 unspecified atom stereocenters. The second-order valence-electron chi connectivity index (χ2n) is 3.89. The van der Waals surface area contributed by atoms with E-state index in [1.165, 1.54) is 24.5 Å². The van der Waals surface area contributed by atoms with Gasteiger partial charge in [-0.25, -0.2) is 4.39 Å². The quantitative estimate of drug-likeness (QED) is 0.741. The maximum atomic E-state index is 13.1. The Morgan fingerprint density at radius 1 is 1.50 bits per heavy atom. The summed E-state index contributed by atoms with van der Waals surface area (Å²) in [6, 6.07) is 4.05. The molecule has 0 bridgehead atoms. The summed E-state index contributed by atoms with van der Waals surface area (Å²) >= 11 is 0. The topological polar surface area (TPSA) is 37.4 Å². The Kier molecular flexibility index (Phi) is 2.80. The molecule has 0 N–H and O–H groups in total. The summed E-state index contributed by atoms with van der Waals surface area (Å²) in [6.45, 7) is 0.373. The average Bonchev–Trinajstić information content (AvgIpc) is 2.22. The number of hydrogen-bond donors (Lipinski definition) is 0. The van der Waals surface area contributed by atoms with Crippen LogP contribution in [0.4, 0.5) is 10.1 Å². The fourth-order valence-corrected chi connectivity index (χ4v) is 2.75. The van der Waals surface area contributed by atoms with E-state index in [1.54, 1.807) is 11.9 Å². The minimum Gasteiger partial charge on any atom is -0.372 e. The van der Waals surface area contributed by atoms with Crippen LogP contribution in [-0.4, -0.2) is 35.1 Å². The molecule has 0 aromatic heterocycles. The van der Waals surface area contributed by atoms with E-state index in [1.807, 2.05) is 0 Å². The van der Waals surface area contributed by atoms with Gasteiger partial charge in [0.05, 0.1) is 5.69 Å². The van der Waals surface area contributed by atoms with Crippen LogP contribution in [0.15, 0.2) is 18.2 Å². The molecule has 1 aromatic rings. The number of hydrogen-bond acceptors (Lipinski definition) is 3. The molecule has 0 fully saturated rings. The number of carbonyl (C=O) groups excluding carboxylic acids is 1. The van der Waals surface area contributed by atoms with Crippen LogP contribution in [0.3, 0.4) is 0 Å². The molecular weight excluding hydrogens is 229 g/mol. The van der Waals surface area contributed by atoms with Crippen molar-refractivity contribution in [2.45, 2.75) is 5.25 Å². The van der Waals surface area contributed by atoms with E-state index < -0.39 is 16.0 Å². The second-order valence-corrected chi connectivity index (χ2v) is 5.46. The van der Waals surface area contributed by atoms with Gasteiger partial charge >= 0.3 is 0 Å². The first-order valence-electron chi connectivity index (χ1n) is 4.88. The highest BCUT2D eigenvalue weighted by atomic mass is 32.2. The van der Waals surface area contributed by atoms with Crippen LogP contribution >= 0.6 is 0 Å². The zero-order chi connectivity index (χ0) is 11.9. The SMILES string of the molecule is CN1CC(S(C)=O)C(=O)c2ccc(F)cc21. The smallest absolute Gasteiger partial charge is 0.182 e. The average molecular weight is 241 g/mol. The van der Waals surface area contributed by atoms with Gasteiger partial charge in [0.25, 0.3) is 0 Å². The Morgan fingerprint density at radius 2 is 2.19 bits per heavy atom. The molecule has 16 heavy (non-hydrogen) atoms. The van der Waals surface area contributed by atoms with Gasteiger partial charge in [0.2, 0.25) is 0 Å². The zero-order valence-electron chi connectivity index (χ0n) is 9.07. The number of Topliss-reactive ketones (excluding diaryl/α,β-unsaturated/α-hetero) is 1. The molecule has 1 aliphatic heterocycles. The number of fused-ring (bicyclic) bond motifs is 1. The van der Waals surface area contributed by atoms with Crippen molar-refractivity contribution in [1.82, 2.24) is 0 Å². The molecule has 0 aliphatic carbocycles. The molecule has 2 rings (SSSR count). The summed E-state index contributed by atoms with van der Waals surface area (Å²) in [6.07, 6.45) is 1.52. The summed E-state index contributed by atoms with van der Waals surface area (Å²) < 4.78 is 24.5. The molecule has 3 nitrogen and oxygen atoms in total. The molecule has 1 aliphatic rings. The van der Waals surface area contributed by atoms with Crippen molar-refractivity contribution in [3.63, 3.8) is 0 Å². The predicted molar refractivity (Wildman–Crippen MR) is 61.9 cm³/mol. The fourth-order valence-electron chi connectivity index (χ4n) is 1.89. The van der Waals surface area contributed by atoms with Crippen LogP contribution < -0.4 is 4.90 Å². The number of halogens is 1. The lowest BCUT2D eigenvalue weighted by atomic mass is 10.0. The fraction of sp³-hybridized carbons (Fsp3) is 0.364. The molecular formula is C11H12FNO2S. The molecule has 2 atom stereocenters. The maximum Gasteiger partial charge on any atom is 0.182 e. The Balaban J connectivity index is 2.51. The standard InChI is InChI=1S/C11H12FNO2S/c1-13-6-10(16(2)15)11(14)8-4-3-7(12)5-9(8)13/h3-5,10H,6H2,1-2H3. The Morgan fingerprint density at radius 3 is 2.81 bits per heavy atom. The van der Waals surface area contributed by atoms with Gasteiger partial charge in [0.1, 0.15) is 11.1 Å². The van der Waals surface area contributed by atoms with E-state index in [-0.39, 0.29) is 11.6 Å². The number of nitrogens with zero attached hydrogens (tertiary/aromatic N) is 1. The number of anilines is 1. The highest BCUT2D eigenvalue weighted by Crippen LogP contribution is 2.28. The lowest BCUT2D eigenvalue weighted by molar-refractivity contribution is 0.0985. The van der Waals surface area contributed by atoms with Crippen molar-refractivity contribution in [1.29, 1.82) is 0 Å². The van der Waals surface area contributed by atoms with Crippen molar-refractivity contribution in [3.8, 4) is 0 Å². The van der Waals surface area contributed by atoms with Crippen LogP contribution in [0.2, 0.25) is 0 Å². The van der Waals surface area contributed by atoms with Gasteiger partial charge in [-0.05, 0) is 18.2 Å². The van der Waals surface area contributed by atoms with Crippen LogP contribution in [-0.2, 0) is 10.8 Å². The van der Waals surface area contributed by atoms with Crippen molar-refractivity contribution in [2.24, 2.45) is 0 Å². The van der Waals surface area contributed by atoms with Gasteiger partial charge in [-0.1, -0.05) is 0 Å². The second kappa shape index (κ2) is 3.97. The number of benzene rings is 1. The van der Waals surface area contributed by atoms with Gasteiger partial charge in [0.15, 0.2) is 5.78 Å². The Bertz CT molecular complexity index is 475. The normalized spacial score (nSPS) is 21.8. The lowest BCUT2D eigenvalue weighted by Crippen LogP contribution is -2.42. The first-order valence-corrected chi connectivity index (χ1v) is 6.50. The van der Waals surface area contributed by atoms with Gasteiger partial charge in [-0.2, -0.15) is 0 Å². The Labute approximate surface area is 95.7 Å². The summed E-state index contributed by atoms with van der Waals surface area (Å²) in [4.78, 5) is 13.7. The van der Waals surface area contributed by atoms with Crippen molar-refractivity contribution >= 4 is 22.3 Å².